The van der Waals surface area contributed by atoms with E-state index in [4.69, 9.17) is 10.8 Å². The molecule has 0 aliphatic carbocycles. The Labute approximate surface area is 110 Å². The van der Waals surface area contributed by atoms with Gasteiger partial charge >= 0.3 is 5.97 Å². The van der Waals surface area contributed by atoms with E-state index in [0.29, 0.717) is 6.42 Å². The molecule has 100 valence electrons. The number of aromatic carboxylic acids is 1. The second-order valence-electron chi connectivity index (χ2n) is 3.96. The normalized spacial score (nSPS) is 11.5. The number of hydrogen-bond donors (Lipinski definition) is 3. The Morgan fingerprint density at radius 1 is 1.56 bits per heavy atom. The van der Waals surface area contributed by atoms with Gasteiger partial charge in [0.1, 0.15) is 17.1 Å². The number of benzene rings is 1. The molecule has 0 aliphatic heterocycles. The van der Waals surface area contributed by atoms with E-state index in [9.17, 15) is 14.3 Å². The number of phenols is 1. The molecular formula is C12H15ClFNO3. The lowest BCUT2D eigenvalue weighted by molar-refractivity contribution is 0.0693. The lowest BCUT2D eigenvalue weighted by Crippen LogP contribution is -2.13. The number of rotatable bonds is 4. The Morgan fingerprint density at radius 2 is 2.11 bits per heavy atom. The second kappa shape index (κ2) is 6.37. The summed E-state index contributed by atoms with van der Waals surface area (Å²) in [6.07, 6.45) is 0.343. The molecule has 0 aromatic heterocycles. The van der Waals surface area contributed by atoms with Gasteiger partial charge in [0.15, 0.2) is 0 Å². The Kier molecular flexibility index (Phi) is 5.81. The van der Waals surface area contributed by atoms with Crippen molar-refractivity contribution in [1.29, 1.82) is 0 Å². The molecule has 0 saturated carbocycles. The van der Waals surface area contributed by atoms with Gasteiger partial charge in [-0.15, -0.1) is 19.0 Å². The molecule has 0 aliphatic rings. The van der Waals surface area contributed by atoms with E-state index in [1.54, 1.807) is 6.92 Å². The van der Waals surface area contributed by atoms with Crippen LogP contribution in [0.5, 0.6) is 5.75 Å². The fourth-order valence-electron chi connectivity index (χ4n) is 1.55. The topological polar surface area (TPSA) is 83.6 Å². The number of aromatic hydroxyl groups is 1. The van der Waals surface area contributed by atoms with E-state index in [2.05, 4.69) is 6.58 Å². The quantitative estimate of drug-likeness (QED) is 0.738. The van der Waals surface area contributed by atoms with Crippen LogP contribution in [-0.4, -0.2) is 16.2 Å². The first-order valence-corrected chi connectivity index (χ1v) is 4.98. The molecule has 18 heavy (non-hydrogen) atoms. The van der Waals surface area contributed by atoms with Crippen molar-refractivity contribution in [2.75, 3.05) is 0 Å². The predicted octanol–water partition coefficient (Wildman–Crippen LogP) is 2.62. The highest BCUT2D eigenvalue weighted by Gasteiger charge is 2.19. The van der Waals surface area contributed by atoms with Gasteiger partial charge in [0, 0.05) is 11.6 Å². The van der Waals surface area contributed by atoms with E-state index in [-0.39, 0.29) is 18.0 Å². The lowest BCUT2D eigenvalue weighted by Gasteiger charge is -2.15. The summed E-state index contributed by atoms with van der Waals surface area (Å²) in [5.41, 5.74) is 6.10. The summed E-state index contributed by atoms with van der Waals surface area (Å²) < 4.78 is 13.2. The highest BCUT2D eigenvalue weighted by molar-refractivity contribution is 5.91. The van der Waals surface area contributed by atoms with Crippen molar-refractivity contribution in [3.05, 3.63) is 41.2 Å². The van der Waals surface area contributed by atoms with Crippen LogP contribution < -0.4 is 5.73 Å². The van der Waals surface area contributed by atoms with Crippen LogP contribution in [0, 0.1) is 5.82 Å². The summed E-state index contributed by atoms with van der Waals surface area (Å²) in [4.78, 5) is 10.8. The van der Waals surface area contributed by atoms with Crippen LogP contribution in [0.25, 0.3) is 0 Å². The van der Waals surface area contributed by atoms with Gasteiger partial charge in [-0.2, -0.15) is 0 Å². The van der Waals surface area contributed by atoms with Crippen LogP contribution in [0.2, 0.25) is 0 Å². The number of nitrogens with two attached hydrogens (primary N) is 1. The Bertz CT molecular complexity index is 477. The van der Waals surface area contributed by atoms with Crippen molar-refractivity contribution in [1.82, 2.24) is 0 Å². The molecule has 1 aromatic rings. The van der Waals surface area contributed by atoms with Gasteiger partial charge in [0.2, 0.25) is 0 Å². The van der Waals surface area contributed by atoms with E-state index in [1.165, 1.54) is 0 Å². The maximum absolute atomic E-state index is 13.2. The molecule has 0 saturated heterocycles. The van der Waals surface area contributed by atoms with Gasteiger partial charge in [-0.1, -0.05) is 5.57 Å². The molecule has 1 aromatic carbocycles. The molecular weight excluding hydrogens is 261 g/mol. The van der Waals surface area contributed by atoms with Crippen LogP contribution in [0.4, 0.5) is 4.39 Å². The summed E-state index contributed by atoms with van der Waals surface area (Å²) in [5, 5.41) is 18.5. The minimum atomic E-state index is -1.40. The van der Waals surface area contributed by atoms with Crippen LogP contribution >= 0.6 is 12.4 Å². The summed E-state index contributed by atoms with van der Waals surface area (Å²) in [5.74, 6) is -2.63. The lowest BCUT2D eigenvalue weighted by atomic mass is 9.97. The zero-order valence-corrected chi connectivity index (χ0v) is 10.6. The zero-order valence-electron chi connectivity index (χ0n) is 9.81. The molecule has 4 nitrogen and oxygen atoms in total. The number of carboxylic acids is 1. The third kappa shape index (κ3) is 3.72. The highest BCUT2D eigenvalue weighted by Crippen LogP contribution is 2.30. The number of hydrogen-bond acceptors (Lipinski definition) is 3. The molecule has 0 unspecified atom stereocenters. The SMILES string of the molecule is C=C(C)C[C@H](N)c1cc(F)cc(C(=O)O)c1O.Cl. The minimum Gasteiger partial charge on any atom is -0.507 e. The Balaban J connectivity index is 0.00000289. The summed E-state index contributed by atoms with van der Waals surface area (Å²) in [6.45, 7) is 5.40. The molecule has 0 amide bonds. The van der Waals surface area contributed by atoms with Crippen molar-refractivity contribution in [3.63, 3.8) is 0 Å². The van der Waals surface area contributed by atoms with Crippen molar-refractivity contribution < 1.29 is 19.4 Å². The van der Waals surface area contributed by atoms with Crippen molar-refractivity contribution in [2.24, 2.45) is 5.73 Å². The average molecular weight is 276 g/mol. The summed E-state index contributed by atoms with van der Waals surface area (Å²) in [7, 11) is 0. The molecule has 1 atom stereocenters. The smallest absolute Gasteiger partial charge is 0.339 e. The Hall–Kier alpha value is -1.59. The van der Waals surface area contributed by atoms with Gasteiger partial charge in [-0.3, -0.25) is 0 Å². The predicted molar refractivity (Wildman–Crippen MR) is 68.6 cm³/mol. The minimum absolute atomic E-state index is 0. The van der Waals surface area contributed by atoms with E-state index >= 15 is 0 Å². The maximum atomic E-state index is 13.2. The molecule has 0 bridgehead atoms. The molecule has 0 fully saturated rings. The van der Waals surface area contributed by atoms with Crippen molar-refractivity contribution >= 4 is 18.4 Å². The summed E-state index contributed by atoms with van der Waals surface area (Å²) >= 11 is 0. The van der Waals surface area contributed by atoms with Gasteiger partial charge in [0.05, 0.1) is 0 Å². The molecule has 4 N–H and O–H groups in total. The van der Waals surface area contributed by atoms with Crippen LogP contribution in [0.15, 0.2) is 24.3 Å². The fraction of sp³-hybridized carbons (Fsp3) is 0.250. The van der Waals surface area contributed by atoms with Gasteiger partial charge < -0.3 is 15.9 Å². The van der Waals surface area contributed by atoms with Crippen LogP contribution in [0.1, 0.15) is 35.3 Å². The third-order valence-electron chi connectivity index (χ3n) is 2.30. The van der Waals surface area contributed by atoms with Gasteiger partial charge in [0.25, 0.3) is 0 Å². The van der Waals surface area contributed by atoms with Gasteiger partial charge in [-0.25, -0.2) is 9.18 Å². The largest absolute Gasteiger partial charge is 0.507 e. The van der Waals surface area contributed by atoms with Crippen LogP contribution in [0.3, 0.4) is 0 Å². The maximum Gasteiger partial charge on any atom is 0.339 e. The molecule has 0 spiro atoms. The molecule has 6 heteroatoms. The standard InChI is InChI=1S/C12H14FNO3.ClH/c1-6(2)3-10(14)8-4-7(13)5-9(11(8)15)12(16)17;/h4-5,10,15H,1,3,14H2,2H3,(H,16,17);1H/t10-;/m0./s1. The van der Waals surface area contributed by atoms with E-state index in [1.807, 2.05) is 0 Å². The number of carboxylic acid groups (broad SMARTS) is 1. The zero-order chi connectivity index (χ0) is 13.2. The average Bonchev–Trinajstić information content (AvgIpc) is 2.19. The first-order valence-electron chi connectivity index (χ1n) is 4.98. The highest BCUT2D eigenvalue weighted by atomic mass is 35.5. The first-order chi connectivity index (χ1) is 7.82. The van der Waals surface area contributed by atoms with Gasteiger partial charge in [-0.05, 0) is 25.5 Å². The molecule has 0 radical (unpaired) electrons. The fourth-order valence-corrected chi connectivity index (χ4v) is 1.55. The van der Waals surface area contributed by atoms with Crippen molar-refractivity contribution in [2.45, 2.75) is 19.4 Å². The first kappa shape index (κ1) is 16.4. The van der Waals surface area contributed by atoms with E-state index in [0.717, 1.165) is 17.7 Å². The monoisotopic (exact) mass is 275 g/mol. The van der Waals surface area contributed by atoms with Crippen molar-refractivity contribution in [3.8, 4) is 5.75 Å². The molecule has 0 heterocycles. The molecule has 1 rings (SSSR count). The third-order valence-corrected chi connectivity index (χ3v) is 2.30. The summed E-state index contributed by atoms with van der Waals surface area (Å²) in [6, 6.07) is 1.12. The Morgan fingerprint density at radius 3 is 2.56 bits per heavy atom. The number of halogens is 2. The number of carbonyl (C=O) groups is 1. The van der Waals surface area contributed by atoms with Crippen LogP contribution in [-0.2, 0) is 0 Å². The van der Waals surface area contributed by atoms with E-state index < -0.39 is 29.1 Å². The second-order valence-corrected chi connectivity index (χ2v) is 3.96.